The average molecular weight is 276 g/mol. The maximum Gasteiger partial charge on any atom is 0.128 e. The maximum absolute atomic E-state index is 9.59. The molecule has 0 saturated heterocycles. The molecule has 20 heavy (non-hydrogen) atoms. The molecule has 1 heterocycles. The first-order valence-electron chi connectivity index (χ1n) is 7.98. The van der Waals surface area contributed by atoms with E-state index >= 15 is 0 Å². The summed E-state index contributed by atoms with van der Waals surface area (Å²) in [5.41, 5.74) is 0.893. The van der Waals surface area contributed by atoms with Crippen LogP contribution in [-0.2, 0) is 0 Å². The number of hydrogen-bond acceptors (Lipinski definition) is 3. The molecule has 1 N–H and O–H groups in total. The summed E-state index contributed by atoms with van der Waals surface area (Å²) in [5.74, 6) is 1.79. The number of nitrogens with zero attached hydrogens (tertiary/aromatic N) is 2. The van der Waals surface area contributed by atoms with Gasteiger partial charge in [-0.1, -0.05) is 32.8 Å². The van der Waals surface area contributed by atoms with Crippen molar-refractivity contribution >= 4 is 5.82 Å². The van der Waals surface area contributed by atoms with Crippen molar-refractivity contribution in [1.29, 1.82) is 0 Å². The Balaban J connectivity index is 2.11. The molecule has 1 aliphatic carbocycles. The third kappa shape index (κ3) is 3.95. The summed E-state index contributed by atoms with van der Waals surface area (Å²) in [6.07, 6.45) is 7.85. The van der Waals surface area contributed by atoms with E-state index < -0.39 is 6.10 Å². The lowest BCUT2D eigenvalue weighted by molar-refractivity contribution is 0.199. The van der Waals surface area contributed by atoms with Crippen molar-refractivity contribution in [2.24, 2.45) is 5.92 Å². The molecule has 1 aromatic rings. The van der Waals surface area contributed by atoms with Crippen molar-refractivity contribution in [2.75, 3.05) is 11.4 Å². The zero-order valence-electron chi connectivity index (χ0n) is 13.0. The fraction of sp³-hybridized carbons (Fsp3) is 0.706. The molecule has 1 unspecified atom stereocenters. The summed E-state index contributed by atoms with van der Waals surface area (Å²) in [6.45, 7) is 7.42. The highest BCUT2D eigenvalue weighted by atomic mass is 16.3. The number of hydrogen-bond donors (Lipinski definition) is 1. The third-order valence-electron chi connectivity index (χ3n) is 4.26. The van der Waals surface area contributed by atoms with E-state index in [1.807, 2.05) is 12.3 Å². The van der Waals surface area contributed by atoms with Gasteiger partial charge in [0.2, 0.25) is 0 Å². The molecule has 1 atom stereocenters. The lowest BCUT2D eigenvalue weighted by Crippen LogP contribution is -2.35. The van der Waals surface area contributed by atoms with Gasteiger partial charge in [-0.05, 0) is 43.7 Å². The van der Waals surface area contributed by atoms with E-state index in [0.29, 0.717) is 6.04 Å². The Kier molecular flexibility index (Phi) is 5.41. The van der Waals surface area contributed by atoms with Gasteiger partial charge in [0.05, 0.1) is 6.10 Å². The molecule has 3 heteroatoms. The molecule has 1 fully saturated rings. The molecule has 1 saturated carbocycles. The Labute approximate surface area is 123 Å². The molecular weight excluding hydrogens is 248 g/mol. The van der Waals surface area contributed by atoms with Crippen LogP contribution >= 0.6 is 0 Å². The minimum Gasteiger partial charge on any atom is -0.389 e. The van der Waals surface area contributed by atoms with Gasteiger partial charge >= 0.3 is 0 Å². The molecular formula is C17H28N2O. The van der Waals surface area contributed by atoms with Crippen molar-refractivity contribution in [2.45, 2.75) is 65.0 Å². The number of pyridine rings is 1. The Morgan fingerprint density at radius 1 is 1.25 bits per heavy atom. The van der Waals surface area contributed by atoms with Crippen LogP contribution in [0.2, 0.25) is 0 Å². The Bertz CT molecular complexity index is 394. The van der Waals surface area contributed by atoms with Gasteiger partial charge in [-0.15, -0.1) is 0 Å². The summed E-state index contributed by atoms with van der Waals surface area (Å²) in [5, 5.41) is 9.59. The molecule has 1 aromatic heterocycles. The van der Waals surface area contributed by atoms with Gasteiger partial charge in [-0.25, -0.2) is 4.98 Å². The van der Waals surface area contributed by atoms with Crippen LogP contribution in [-0.4, -0.2) is 22.7 Å². The van der Waals surface area contributed by atoms with Crippen LogP contribution in [0, 0.1) is 5.92 Å². The second kappa shape index (κ2) is 7.07. The molecule has 3 nitrogen and oxygen atoms in total. The van der Waals surface area contributed by atoms with E-state index in [0.717, 1.165) is 23.8 Å². The summed E-state index contributed by atoms with van der Waals surface area (Å²) in [4.78, 5) is 7.07. The zero-order valence-corrected chi connectivity index (χ0v) is 13.0. The second-order valence-corrected chi connectivity index (χ2v) is 6.44. The fourth-order valence-electron chi connectivity index (χ4n) is 2.91. The predicted molar refractivity (Wildman–Crippen MR) is 83.9 cm³/mol. The SMILES string of the molecule is CC(C)CCN(c1ccc(C(C)O)cn1)C1CCCC1. The Hall–Kier alpha value is -1.09. The second-order valence-electron chi connectivity index (χ2n) is 6.44. The van der Waals surface area contributed by atoms with Crippen LogP contribution in [0.5, 0.6) is 0 Å². The van der Waals surface area contributed by atoms with Crippen molar-refractivity contribution in [3.05, 3.63) is 23.9 Å². The highest BCUT2D eigenvalue weighted by Crippen LogP contribution is 2.28. The molecule has 0 bridgehead atoms. The van der Waals surface area contributed by atoms with Gasteiger partial charge in [0, 0.05) is 18.8 Å². The van der Waals surface area contributed by atoms with Crippen LogP contribution in [0.1, 0.15) is 64.5 Å². The largest absolute Gasteiger partial charge is 0.389 e. The van der Waals surface area contributed by atoms with Gasteiger partial charge in [0.25, 0.3) is 0 Å². The molecule has 0 radical (unpaired) electrons. The third-order valence-corrected chi connectivity index (χ3v) is 4.26. The molecule has 0 spiro atoms. The van der Waals surface area contributed by atoms with E-state index in [1.165, 1.54) is 32.1 Å². The predicted octanol–water partition coefficient (Wildman–Crippen LogP) is 3.93. The number of aliphatic hydroxyl groups excluding tert-OH is 1. The maximum atomic E-state index is 9.59. The smallest absolute Gasteiger partial charge is 0.128 e. The number of anilines is 1. The van der Waals surface area contributed by atoms with Crippen LogP contribution in [0.15, 0.2) is 18.3 Å². The molecule has 112 valence electrons. The van der Waals surface area contributed by atoms with Crippen LogP contribution in [0.4, 0.5) is 5.82 Å². The van der Waals surface area contributed by atoms with Gasteiger partial charge < -0.3 is 10.0 Å². The van der Waals surface area contributed by atoms with E-state index in [4.69, 9.17) is 0 Å². The van der Waals surface area contributed by atoms with Gasteiger partial charge in [0.15, 0.2) is 0 Å². The van der Waals surface area contributed by atoms with Crippen molar-refractivity contribution in [3.63, 3.8) is 0 Å². The van der Waals surface area contributed by atoms with E-state index in [2.05, 4.69) is 29.8 Å². The van der Waals surface area contributed by atoms with Crippen LogP contribution in [0.3, 0.4) is 0 Å². The normalized spacial score (nSPS) is 17.6. The van der Waals surface area contributed by atoms with E-state index in [1.54, 1.807) is 6.92 Å². The first-order valence-corrected chi connectivity index (χ1v) is 7.98. The quantitative estimate of drug-likeness (QED) is 0.855. The minimum atomic E-state index is -0.438. The summed E-state index contributed by atoms with van der Waals surface area (Å²) >= 11 is 0. The number of rotatable bonds is 6. The molecule has 0 amide bonds. The van der Waals surface area contributed by atoms with E-state index in [9.17, 15) is 5.11 Å². The van der Waals surface area contributed by atoms with Gasteiger partial charge in [-0.2, -0.15) is 0 Å². The molecule has 1 aliphatic rings. The van der Waals surface area contributed by atoms with Gasteiger partial charge in [-0.3, -0.25) is 0 Å². The van der Waals surface area contributed by atoms with Gasteiger partial charge in [0.1, 0.15) is 5.82 Å². The molecule has 0 aromatic carbocycles. The van der Waals surface area contributed by atoms with Crippen molar-refractivity contribution in [1.82, 2.24) is 4.98 Å². The topological polar surface area (TPSA) is 36.4 Å². The molecule has 2 rings (SSSR count). The van der Waals surface area contributed by atoms with E-state index in [-0.39, 0.29) is 0 Å². The zero-order chi connectivity index (χ0) is 14.5. The van der Waals surface area contributed by atoms with Crippen LogP contribution in [0.25, 0.3) is 0 Å². The monoisotopic (exact) mass is 276 g/mol. The average Bonchev–Trinajstić information content (AvgIpc) is 2.93. The lowest BCUT2D eigenvalue weighted by atomic mass is 10.1. The standard InChI is InChI=1S/C17H28N2O/c1-13(2)10-11-19(16-6-4-5-7-16)17-9-8-15(12-18-17)14(3)20/h8-9,12-14,16,20H,4-7,10-11H2,1-3H3. The summed E-state index contributed by atoms with van der Waals surface area (Å²) in [6, 6.07) is 4.73. The van der Waals surface area contributed by atoms with Crippen molar-refractivity contribution in [3.8, 4) is 0 Å². The molecule has 0 aliphatic heterocycles. The lowest BCUT2D eigenvalue weighted by Gasteiger charge is -2.31. The first kappa shape index (κ1) is 15.3. The van der Waals surface area contributed by atoms with Crippen molar-refractivity contribution < 1.29 is 5.11 Å². The highest BCUT2D eigenvalue weighted by Gasteiger charge is 2.23. The Morgan fingerprint density at radius 2 is 1.95 bits per heavy atom. The first-order chi connectivity index (χ1) is 9.58. The Morgan fingerprint density at radius 3 is 2.45 bits per heavy atom. The number of aromatic nitrogens is 1. The van der Waals surface area contributed by atoms with Crippen LogP contribution < -0.4 is 4.90 Å². The highest BCUT2D eigenvalue weighted by molar-refractivity contribution is 5.41. The minimum absolute atomic E-state index is 0.438. The summed E-state index contributed by atoms with van der Waals surface area (Å²) < 4.78 is 0. The number of aliphatic hydroxyl groups is 1. The summed E-state index contributed by atoms with van der Waals surface area (Å²) in [7, 11) is 0. The fourth-order valence-corrected chi connectivity index (χ4v) is 2.91.